The van der Waals surface area contributed by atoms with Crippen LogP contribution in [0.4, 0.5) is 0 Å². The van der Waals surface area contributed by atoms with E-state index in [9.17, 15) is 10.2 Å². The SMILES string of the molecule is CCCC#Cc1cc(C#CCCC)cc(C#Cc2cc(C#CCCO)c(C3OCCO3)cc2C#CCCO)c1. The monoisotopic (exact) mass is 518 g/mol. The van der Waals surface area contributed by atoms with Crippen LogP contribution in [0.2, 0.25) is 0 Å². The average molecular weight is 519 g/mol. The van der Waals surface area contributed by atoms with Crippen LogP contribution in [-0.4, -0.2) is 36.6 Å². The van der Waals surface area contributed by atoms with Crippen LogP contribution in [0.1, 0.15) is 97.6 Å². The first-order valence-electron chi connectivity index (χ1n) is 13.4. The van der Waals surface area contributed by atoms with Crippen molar-refractivity contribution < 1.29 is 19.7 Å². The summed E-state index contributed by atoms with van der Waals surface area (Å²) in [7, 11) is 0. The molecule has 4 nitrogen and oxygen atoms in total. The summed E-state index contributed by atoms with van der Waals surface area (Å²) >= 11 is 0. The Morgan fingerprint density at radius 2 is 1.08 bits per heavy atom. The highest BCUT2D eigenvalue weighted by Crippen LogP contribution is 2.28. The second-order valence-electron chi connectivity index (χ2n) is 8.76. The topological polar surface area (TPSA) is 58.9 Å². The molecule has 0 amide bonds. The van der Waals surface area contributed by atoms with Gasteiger partial charge in [-0.15, -0.1) is 0 Å². The molecule has 1 aliphatic heterocycles. The van der Waals surface area contributed by atoms with Gasteiger partial charge in [-0.3, -0.25) is 0 Å². The molecule has 0 aromatic heterocycles. The Morgan fingerprint density at radius 3 is 1.62 bits per heavy atom. The van der Waals surface area contributed by atoms with E-state index in [-0.39, 0.29) is 13.2 Å². The molecule has 4 heteroatoms. The largest absolute Gasteiger partial charge is 0.395 e. The van der Waals surface area contributed by atoms with Crippen molar-refractivity contribution in [3.05, 3.63) is 69.3 Å². The van der Waals surface area contributed by atoms with E-state index in [1.807, 2.05) is 30.3 Å². The predicted octanol–water partition coefficient (Wildman–Crippen LogP) is 4.90. The minimum Gasteiger partial charge on any atom is -0.395 e. The van der Waals surface area contributed by atoms with Crippen LogP contribution in [0.25, 0.3) is 0 Å². The van der Waals surface area contributed by atoms with Crippen molar-refractivity contribution in [2.75, 3.05) is 26.4 Å². The Labute approximate surface area is 233 Å². The lowest BCUT2D eigenvalue weighted by Crippen LogP contribution is -2.04. The van der Waals surface area contributed by atoms with Gasteiger partial charge < -0.3 is 19.7 Å². The Hall–Kier alpha value is -3.92. The van der Waals surface area contributed by atoms with E-state index in [0.29, 0.717) is 37.2 Å². The maximum atomic E-state index is 9.23. The Morgan fingerprint density at radius 1 is 0.590 bits per heavy atom. The van der Waals surface area contributed by atoms with Crippen molar-refractivity contribution in [1.82, 2.24) is 0 Å². The van der Waals surface area contributed by atoms with Gasteiger partial charge >= 0.3 is 0 Å². The van der Waals surface area contributed by atoms with E-state index in [4.69, 9.17) is 9.47 Å². The summed E-state index contributed by atoms with van der Waals surface area (Å²) in [6.45, 7) is 5.19. The van der Waals surface area contributed by atoms with Gasteiger partial charge in [0.1, 0.15) is 0 Å². The average Bonchev–Trinajstić information content (AvgIpc) is 3.48. The van der Waals surface area contributed by atoms with Gasteiger partial charge in [-0.1, -0.05) is 73.1 Å². The molecule has 0 radical (unpaired) electrons. The molecule has 198 valence electrons. The standard InChI is InChI=1S/C35H34O4/c1-3-5-7-13-28-23-29(14-8-6-4-2)25-30(24-28)17-18-32-26-33(16-10-12-20-37)34(35-38-21-22-39-35)27-31(32)15-9-11-19-36/h23-27,35-37H,3-6,11-12,19-22H2,1-2H3. The third kappa shape index (κ3) is 9.72. The maximum Gasteiger partial charge on any atom is 0.185 e. The Bertz CT molecular complexity index is 1390. The van der Waals surface area contributed by atoms with Gasteiger partial charge in [-0.2, -0.15) is 0 Å². The minimum absolute atomic E-state index is 0.0168. The lowest BCUT2D eigenvalue weighted by Gasteiger charge is -2.13. The van der Waals surface area contributed by atoms with Crippen LogP contribution in [-0.2, 0) is 9.47 Å². The van der Waals surface area contributed by atoms with E-state index in [0.717, 1.165) is 53.5 Å². The Kier molecular flexibility index (Phi) is 12.8. The van der Waals surface area contributed by atoms with Crippen molar-refractivity contribution in [3.63, 3.8) is 0 Å². The summed E-state index contributed by atoms with van der Waals surface area (Å²) in [5.41, 5.74) is 5.50. The number of unbranched alkanes of at least 4 members (excludes halogenated alkanes) is 2. The van der Waals surface area contributed by atoms with Crippen molar-refractivity contribution >= 4 is 0 Å². The van der Waals surface area contributed by atoms with Crippen LogP contribution in [0, 0.1) is 59.2 Å². The molecule has 0 bridgehead atoms. The van der Waals surface area contributed by atoms with E-state index < -0.39 is 6.29 Å². The Balaban J connectivity index is 2.12. The number of hydrogen-bond donors (Lipinski definition) is 2. The van der Waals surface area contributed by atoms with Crippen LogP contribution >= 0.6 is 0 Å². The van der Waals surface area contributed by atoms with Crippen LogP contribution in [0.5, 0.6) is 0 Å². The van der Waals surface area contributed by atoms with Crippen molar-refractivity contribution in [2.45, 2.75) is 58.7 Å². The van der Waals surface area contributed by atoms with Crippen LogP contribution in [0.15, 0.2) is 30.3 Å². The van der Waals surface area contributed by atoms with Gasteiger partial charge in [0.2, 0.25) is 0 Å². The predicted molar refractivity (Wildman–Crippen MR) is 154 cm³/mol. The highest BCUT2D eigenvalue weighted by molar-refractivity contribution is 5.60. The smallest absolute Gasteiger partial charge is 0.185 e. The molecule has 0 spiro atoms. The molecule has 2 aromatic rings. The summed E-state index contributed by atoms with van der Waals surface area (Å²) in [5.74, 6) is 31.7. The fraction of sp³-hybridized carbons (Fsp3) is 0.371. The normalized spacial score (nSPS) is 11.9. The second-order valence-corrected chi connectivity index (χ2v) is 8.76. The number of aliphatic hydroxyl groups is 2. The quantitative estimate of drug-likeness (QED) is 0.553. The first kappa shape index (κ1) is 29.6. The summed E-state index contributed by atoms with van der Waals surface area (Å²) in [4.78, 5) is 0. The lowest BCUT2D eigenvalue weighted by molar-refractivity contribution is -0.0443. The maximum absolute atomic E-state index is 9.23. The van der Waals surface area contributed by atoms with Gasteiger partial charge in [-0.05, 0) is 43.2 Å². The molecule has 2 aromatic carbocycles. The van der Waals surface area contributed by atoms with E-state index in [1.54, 1.807) is 0 Å². The number of rotatable bonds is 5. The zero-order chi connectivity index (χ0) is 27.7. The van der Waals surface area contributed by atoms with E-state index in [1.165, 1.54) is 0 Å². The molecule has 2 N–H and O–H groups in total. The third-order valence-corrected chi connectivity index (χ3v) is 5.48. The molecule has 1 heterocycles. The summed E-state index contributed by atoms with van der Waals surface area (Å²) in [5, 5.41) is 18.4. The zero-order valence-electron chi connectivity index (χ0n) is 22.7. The summed E-state index contributed by atoms with van der Waals surface area (Å²) < 4.78 is 11.5. The first-order chi connectivity index (χ1) is 19.2. The lowest BCUT2D eigenvalue weighted by atomic mass is 9.97. The minimum atomic E-state index is -0.536. The van der Waals surface area contributed by atoms with E-state index >= 15 is 0 Å². The highest BCUT2D eigenvalue weighted by Gasteiger charge is 2.22. The molecule has 0 saturated carbocycles. The van der Waals surface area contributed by atoms with Gasteiger partial charge in [0.05, 0.1) is 26.4 Å². The van der Waals surface area contributed by atoms with Gasteiger partial charge in [0.15, 0.2) is 6.29 Å². The molecule has 1 aliphatic rings. The number of benzene rings is 2. The molecular weight excluding hydrogens is 484 g/mol. The number of ether oxygens (including phenoxy) is 2. The van der Waals surface area contributed by atoms with Gasteiger partial charge in [0.25, 0.3) is 0 Å². The van der Waals surface area contributed by atoms with Crippen LogP contribution < -0.4 is 0 Å². The molecule has 1 fully saturated rings. The molecule has 0 unspecified atom stereocenters. The number of aliphatic hydroxyl groups excluding tert-OH is 2. The second kappa shape index (κ2) is 16.8. The molecule has 1 saturated heterocycles. The molecule has 0 atom stereocenters. The first-order valence-corrected chi connectivity index (χ1v) is 13.4. The fourth-order valence-corrected chi connectivity index (χ4v) is 3.65. The zero-order valence-corrected chi connectivity index (χ0v) is 22.7. The molecule has 0 aliphatic carbocycles. The van der Waals surface area contributed by atoms with Gasteiger partial charge in [-0.25, -0.2) is 0 Å². The molecule has 3 rings (SSSR count). The summed E-state index contributed by atoms with van der Waals surface area (Å²) in [6.07, 6.45) is 3.87. The van der Waals surface area contributed by atoms with E-state index in [2.05, 4.69) is 73.1 Å². The van der Waals surface area contributed by atoms with Crippen molar-refractivity contribution in [2.24, 2.45) is 0 Å². The van der Waals surface area contributed by atoms with Crippen molar-refractivity contribution in [3.8, 4) is 59.2 Å². The molecule has 39 heavy (non-hydrogen) atoms. The molecular formula is C35H34O4. The van der Waals surface area contributed by atoms with Gasteiger partial charge in [0, 0.05) is 64.6 Å². The summed E-state index contributed by atoms with van der Waals surface area (Å²) in [6, 6.07) is 9.77. The highest BCUT2D eigenvalue weighted by atomic mass is 16.7. The third-order valence-electron chi connectivity index (χ3n) is 5.48. The van der Waals surface area contributed by atoms with Crippen LogP contribution in [0.3, 0.4) is 0 Å². The number of hydrogen-bond acceptors (Lipinski definition) is 4. The fourth-order valence-electron chi connectivity index (χ4n) is 3.65. The van der Waals surface area contributed by atoms with Crippen molar-refractivity contribution in [1.29, 1.82) is 0 Å².